The molecule has 2 aromatic carbocycles. The lowest BCUT2D eigenvalue weighted by atomic mass is 9.85. The molecule has 0 spiro atoms. The van der Waals surface area contributed by atoms with Crippen molar-refractivity contribution in [3.05, 3.63) is 59.7 Å². The lowest BCUT2D eigenvalue weighted by Crippen LogP contribution is -2.10. The summed E-state index contributed by atoms with van der Waals surface area (Å²) in [6, 6.07) is 16.0. The summed E-state index contributed by atoms with van der Waals surface area (Å²) in [5.41, 5.74) is 4.26. The summed E-state index contributed by atoms with van der Waals surface area (Å²) in [5, 5.41) is 8.66. The second kappa shape index (κ2) is 6.00. The Bertz CT molecular complexity index is 639. The van der Waals surface area contributed by atoms with Gasteiger partial charge in [-0.15, -0.1) is 0 Å². The highest BCUT2D eigenvalue weighted by molar-refractivity contribution is 5.68. The van der Waals surface area contributed by atoms with Gasteiger partial charge in [0.1, 0.15) is 6.61 Å². The standard InChI is InChI=1S/C18H20O3/c1-18(2,3)15-9-6-8-13(11-15)16-10-5-4-7-14(16)12-21-17(19)20/h4-11H,12H2,1-3H3,(H,19,20). The molecular formula is C18H20O3. The molecule has 0 atom stereocenters. The fourth-order valence-corrected chi connectivity index (χ4v) is 2.22. The van der Waals surface area contributed by atoms with Crippen LogP contribution in [-0.2, 0) is 16.8 Å². The molecular weight excluding hydrogens is 264 g/mol. The number of rotatable bonds is 3. The molecule has 0 amide bonds. The maximum absolute atomic E-state index is 10.6. The van der Waals surface area contributed by atoms with Crippen molar-refractivity contribution in [2.24, 2.45) is 0 Å². The molecule has 1 N–H and O–H groups in total. The summed E-state index contributed by atoms with van der Waals surface area (Å²) in [7, 11) is 0. The Morgan fingerprint density at radius 3 is 2.48 bits per heavy atom. The molecule has 2 rings (SSSR count). The molecule has 110 valence electrons. The monoisotopic (exact) mass is 284 g/mol. The second-order valence-corrected chi connectivity index (χ2v) is 6.04. The van der Waals surface area contributed by atoms with E-state index in [-0.39, 0.29) is 12.0 Å². The highest BCUT2D eigenvalue weighted by Crippen LogP contribution is 2.29. The van der Waals surface area contributed by atoms with Crippen LogP contribution in [0.15, 0.2) is 48.5 Å². The van der Waals surface area contributed by atoms with Crippen LogP contribution in [0.5, 0.6) is 0 Å². The van der Waals surface area contributed by atoms with Crippen LogP contribution in [0, 0.1) is 0 Å². The van der Waals surface area contributed by atoms with E-state index in [1.807, 2.05) is 36.4 Å². The van der Waals surface area contributed by atoms with E-state index in [1.165, 1.54) is 5.56 Å². The van der Waals surface area contributed by atoms with Crippen LogP contribution in [0.25, 0.3) is 11.1 Å². The van der Waals surface area contributed by atoms with E-state index in [4.69, 9.17) is 9.84 Å². The van der Waals surface area contributed by atoms with E-state index in [0.29, 0.717) is 0 Å². The van der Waals surface area contributed by atoms with Crippen molar-refractivity contribution in [3.63, 3.8) is 0 Å². The first kappa shape index (κ1) is 15.1. The normalized spacial score (nSPS) is 11.2. The van der Waals surface area contributed by atoms with Gasteiger partial charge in [-0.2, -0.15) is 0 Å². The van der Waals surface area contributed by atoms with Gasteiger partial charge in [0.2, 0.25) is 0 Å². The minimum absolute atomic E-state index is 0.0608. The van der Waals surface area contributed by atoms with Gasteiger partial charge in [-0.3, -0.25) is 0 Å². The minimum atomic E-state index is -1.26. The third kappa shape index (κ3) is 3.85. The SMILES string of the molecule is CC(C)(C)c1cccc(-c2ccccc2COC(=O)O)c1. The Hall–Kier alpha value is -2.29. The van der Waals surface area contributed by atoms with Gasteiger partial charge in [0.05, 0.1) is 0 Å². The summed E-state index contributed by atoms with van der Waals surface area (Å²) in [6.07, 6.45) is -1.26. The molecule has 0 radical (unpaired) electrons. The van der Waals surface area contributed by atoms with E-state index in [0.717, 1.165) is 16.7 Å². The number of benzene rings is 2. The van der Waals surface area contributed by atoms with E-state index < -0.39 is 6.16 Å². The van der Waals surface area contributed by atoms with Gasteiger partial charge in [0, 0.05) is 0 Å². The van der Waals surface area contributed by atoms with Gasteiger partial charge >= 0.3 is 6.16 Å². The van der Waals surface area contributed by atoms with E-state index in [1.54, 1.807) is 0 Å². The Morgan fingerprint density at radius 1 is 1.10 bits per heavy atom. The number of hydrogen-bond acceptors (Lipinski definition) is 2. The molecule has 0 fully saturated rings. The van der Waals surface area contributed by atoms with Gasteiger partial charge in [0.25, 0.3) is 0 Å². The quantitative estimate of drug-likeness (QED) is 0.820. The van der Waals surface area contributed by atoms with Crippen LogP contribution in [0.2, 0.25) is 0 Å². The number of carboxylic acid groups (broad SMARTS) is 1. The minimum Gasteiger partial charge on any atom is -0.450 e. The van der Waals surface area contributed by atoms with Gasteiger partial charge < -0.3 is 9.84 Å². The smallest absolute Gasteiger partial charge is 0.450 e. The van der Waals surface area contributed by atoms with Gasteiger partial charge in [-0.1, -0.05) is 69.3 Å². The largest absolute Gasteiger partial charge is 0.506 e. The Balaban J connectivity index is 2.40. The van der Waals surface area contributed by atoms with Crippen LogP contribution >= 0.6 is 0 Å². The first-order valence-electron chi connectivity index (χ1n) is 6.92. The fourth-order valence-electron chi connectivity index (χ4n) is 2.22. The van der Waals surface area contributed by atoms with E-state index in [2.05, 4.69) is 32.9 Å². The molecule has 0 aliphatic carbocycles. The third-order valence-corrected chi connectivity index (χ3v) is 3.41. The topological polar surface area (TPSA) is 46.5 Å². The Kier molecular flexibility index (Phi) is 4.32. The first-order valence-corrected chi connectivity index (χ1v) is 6.92. The van der Waals surface area contributed by atoms with Crippen molar-refractivity contribution in [3.8, 4) is 11.1 Å². The van der Waals surface area contributed by atoms with Crippen LogP contribution in [-0.4, -0.2) is 11.3 Å². The molecule has 0 aliphatic heterocycles. The average Bonchev–Trinajstić information content (AvgIpc) is 2.44. The number of carbonyl (C=O) groups is 1. The molecule has 0 aromatic heterocycles. The molecule has 0 heterocycles. The van der Waals surface area contributed by atoms with Crippen LogP contribution in [0.3, 0.4) is 0 Å². The van der Waals surface area contributed by atoms with Crippen molar-refractivity contribution in [2.45, 2.75) is 32.8 Å². The first-order chi connectivity index (χ1) is 9.88. The third-order valence-electron chi connectivity index (χ3n) is 3.41. The second-order valence-electron chi connectivity index (χ2n) is 6.04. The van der Waals surface area contributed by atoms with E-state index in [9.17, 15) is 4.79 Å². The molecule has 0 saturated heterocycles. The van der Waals surface area contributed by atoms with Gasteiger partial charge in [-0.05, 0) is 27.7 Å². The molecule has 21 heavy (non-hydrogen) atoms. The summed E-state index contributed by atoms with van der Waals surface area (Å²) in [6.45, 7) is 6.58. The van der Waals surface area contributed by atoms with Crippen molar-refractivity contribution >= 4 is 6.16 Å². The zero-order chi connectivity index (χ0) is 15.5. The van der Waals surface area contributed by atoms with E-state index >= 15 is 0 Å². The summed E-state index contributed by atoms with van der Waals surface area (Å²) in [4.78, 5) is 10.6. The Labute approximate surface area is 125 Å². The highest BCUT2D eigenvalue weighted by Gasteiger charge is 2.15. The zero-order valence-corrected chi connectivity index (χ0v) is 12.6. The van der Waals surface area contributed by atoms with Crippen molar-refractivity contribution in [1.82, 2.24) is 0 Å². The van der Waals surface area contributed by atoms with Gasteiger partial charge in [0.15, 0.2) is 0 Å². The van der Waals surface area contributed by atoms with Crippen molar-refractivity contribution < 1.29 is 14.6 Å². The summed E-state index contributed by atoms with van der Waals surface area (Å²) >= 11 is 0. The fraction of sp³-hybridized carbons (Fsp3) is 0.278. The molecule has 2 aromatic rings. The summed E-state index contributed by atoms with van der Waals surface area (Å²) < 4.78 is 4.70. The van der Waals surface area contributed by atoms with Crippen LogP contribution < -0.4 is 0 Å². The molecule has 3 heteroatoms. The lowest BCUT2D eigenvalue weighted by Gasteiger charge is -2.20. The maximum Gasteiger partial charge on any atom is 0.506 e. The molecule has 0 unspecified atom stereocenters. The van der Waals surface area contributed by atoms with Crippen molar-refractivity contribution in [1.29, 1.82) is 0 Å². The van der Waals surface area contributed by atoms with Crippen LogP contribution in [0.4, 0.5) is 4.79 Å². The average molecular weight is 284 g/mol. The molecule has 0 saturated carbocycles. The van der Waals surface area contributed by atoms with Gasteiger partial charge in [-0.25, -0.2) is 4.79 Å². The van der Waals surface area contributed by atoms with Crippen LogP contribution in [0.1, 0.15) is 31.9 Å². The number of ether oxygens (including phenoxy) is 1. The molecule has 0 bridgehead atoms. The molecule has 3 nitrogen and oxygen atoms in total. The predicted octanol–water partition coefficient (Wildman–Crippen LogP) is 4.85. The zero-order valence-electron chi connectivity index (χ0n) is 12.6. The lowest BCUT2D eigenvalue weighted by molar-refractivity contribution is 0.0855. The molecule has 0 aliphatic rings. The predicted molar refractivity (Wildman–Crippen MR) is 83.4 cm³/mol. The highest BCUT2D eigenvalue weighted by atomic mass is 16.7. The van der Waals surface area contributed by atoms with Crippen molar-refractivity contribution in [2.75, 3.05) is 0 Å². The maximum atomic E-state index is 10.6. The Morgan fingerprint density at radius 2 is 1.81 bits per heavy atom. The summed E-state index contributed by atoms with van der Waals surface area (Å²) in [5.74, 6) is 0. The number of hydrogen-bond donors (Lipinski definition) is 1.